The molecule has 0 heterocycles. The number of aryl methyl sites for hydroxylation is 1. The molecule has 0 aromatic heterocycles. The number of aliphatic hydroxyl groups is 1. The SMILES string of the molecule is COc1cc2c(c(OCc3ccccc3)c1)C(=O)C(=CO)CC2.[H-].[Na+]. The van der Waals surface area contributed by atoms with Gasteiger partial charge in [-0.2, -0.15) is 0 Å². The Labute approximate surface area is 164 Å². The molecule has 0 radical (unpaired) electrons. The molecular formula is C19H19NaO4. The number of hydrogen-bond acceptors (Lipinski definition) is 4. The van der Waals surface area contributed by atoms with Crippen LogP contribution in [0.1, 0.15) is 29.3 Å². The Morgan fingerprint density at radius 2 is 1.96 bits per heavy atom. The summed E-state index contributed by atoms with van der Waals surface area (Å²) in [5.74, 6) is 0.975. The van der Waals surface area contributed by atoms with E-state index in [1.807, 2.05) is 36.4 Å². The number of ether oxygens (including phenoxy) is 2. The van der Waals surface area contributed by atoms with Crippen molar-refractivity contribution in [3.05, 3.63) is 71.0 Å². The quantitative estimate of drug-likeness (QED) is 0.514. The first-order valence-corrected chi connectivity index (χ1v) is 7.48. The fraction of sp³-hybridized carbons (Fsp3) is 0.211. The fourth-order valence-electron chi connectivity index (χ4n) is 2.73. The van der Waals surface area contributed by atoms with Crippen LogP contribution in [-0.2, 0) is 13.0 Å². The van der Waals surface area contributed by atoms with Crippen LogP contribution >= 0.6 is 0 Å². The van der Waals surface area contributed by atoms with Crippen molar-refractivity contribution < 1.29 is 50.4 Å². The van der Waals surface area contributed by atoms with Crippen LogP contribution in [-0.4, -0.2) is 18.0 Å². The molecule has 0 bridgehead atoms. The molecule has 0 saturated heterocycles. The summed E-state index contributed by atoms with van der Waals surface area (Å²) < 4.78 is 11.2. The van der Waals surface area contributed by atoms with Gasteiger partial charge in [-0.25, -0.2) is 0 Å². The second kappa shape index (κ2) is 8.38. The molecule has 0 amide bonds. The summed E-state index contributed by atoms with van der Waals surface area (Å²) in [6.45, 7) is 0.367. The first-order valence-electron chi connectivity index (χ1n) is 7.48. The van der Waals surface area contributed by atoms with Crippen LogP contribution in [0.25, 0.3) is 0 Å². The van der Waals surface area contributed by atoms with E-state index in [1.54, 1.807) is 13.2 Å². The third kappa shape index (κ3) is 3.83. The number of hydrogen-bond donors (Lipinski definition) is 1. The molecule has 24 heavy (non-hydrogen) atoms. The standard InChI is InChI=1S/C19H18O4.Na.H/c1-22-16-9-14-7-8-15(11-20)19(21)18(14)17(10-16)23-12-13-5-3-2-4-6-13;;/h2-6,9-11,20H,7-8,12H2,1H3;;/q;+1;-1. The van der Waals surface area contributed by atoms with Crippen molar-refractivity contribution in [3.8, 4) is 11.5 Å². The maximum atomic E-state index is 12.5. The van der Waals surface area contributed by atoms with Crippen molar-refractivity contribution in [2.45, 2.75) is 19.4 Å². The van der Waals surface area contributed by atoms with Gasteiger partial charge in [-0.15, -0.1) is 0 Å². The molecule has 0 saturated carbocycles. The molecule has 1 aliphatic rings. The Hall–Kier alpha value is -1.75. The fourth-order valence-corrected chi connectivity index (χ4v) is 2.73. The summed E-state index contributed by atoms with van der Waals surface area (Å²) in [6, 6.07) is 13.3. The van der Waals surface area contributed by atoms with Gasteiger partial charge in [0.1, 0.15) is 18.1 Å². The third-order valence-corrected chi connectivity index (χ3v) is 3.97. The number of benzene rings is 2. The van der Waals surface area contributed by atoms with Gasteiger partial charge < -0.3 is 16.0 Å². The minimum absolute atomic E-state index is 0. The summed E-state index contributed by atoms with van der Waals surface area (Å²) in [7, 11) is 1.59. The summed E-state index contributed by atoms with van der Waals surface area (Å²) >= 11 is 0. The molecule has 0 aliphatic heterocycles. The molecule has 0 spiro atoms. The number of carbonyl (C=O) groups excluding carboxylic acids is 1. The predicted molar refractivity (Wildman–Crippen MR) is 88.2 cm³/mol. The van der Waals surface area contributed by atoms with Gasteiger partial charge in [0.2, 0.25) is 0 Å². The first kappa shape index (κ1) is 18.6. The number of carbonyl (C=O) groups is 1. The van der Waals surface area contributed by atoms with Crippen LogP contribution in [0.2, 0.25) is 0 Å². The van der Waals surface area contributed by atoms with E-state index in [4.69, 9.17) is 9.47 Å². The summed E-state index contributed by atoms with van der Waals surface area (Å²) in [5.41, 5.74) is 2.84. The van der Waals surface area contributed by atoms with E-state index in [0.29, 0.717) is 42.1 Å². The van der Waals surface area contributed by atoms with Gasteiger partial charge in [-0.1, -0.05) is 30.3 Å². The number of fused-ring (bicyclic) bond motifs is 1. The maximum absolute atomic E-state index is 12.5. The Balaban J connectivity index is 0.00000156. The smallest absolute Gasteiger partial charge is 1.00 e. The number of aliphatic hydroxyl groups excluding tert-OH is 1. The van der Waals surface area contributed by atoms with Crippen molar-refractivity contribution in [3.63, 3.8) is 0 Å². The second-order valence-corrected chi connectivity index (χ2v) is 5.42. The molecule has 2 aromatic carbocycles. The van der Waals surface area contributed by atoms with E-state index in [-0.39, 0.29) is 36.8 Å². The molecule has 2 aromatic rings. The summed E-state index contributed by atoms with van der Waals surface area (Å²) in [6.07, 6.45) is 2.09. The Morgan fingerprint density at radius 3 is 2.62 bits per heavy atom. The van der Waals surface area contributed by atoms with E-state index >= 15 is 0 Å². The van der Waals surface area contributed by atoms with Gasteiger partial charge >= 0.3 is 29.6 Å². The number of allylic oxidation sites excluding steroid dienone is 1. The first-order chi connectivity index (χ1) is 11.2. The van der Waals surface area contributed by atoms with Crippen LogP contribution in [0.15, 0.2) is 54.3 Å². The van der Waals surface area contributed by atoms with E-state index in [1.165, 1.54) is 0 Å². The minimum atomic E-state index is -0.181. The molecule has 1 aliphatic carbocycles. The monoisotopic (exact) mass is 334 g/mol. The third-order valence-electron chi connectivity index (χ3n) is 3.97. The molecular weight excluding hydrogens is 315 g/mol. The number of ketones is 1. The van der Waals surface area contributed by atoms with E-state index < -0.39 is 0 Å². The van der Waals surface area contributed by atoms with Crippen LogP contribution in [0.3, 0.4) is 0 Å². The number of methoxy groups -OCH3 is 1. The normalized spacial score (nSPS) is 14.7. The molecule has 4 nitrogen and oxygen atoms in total. The van der Waals surface area contributed by atoms with Crippen LogP contribution in [0.5, 0.6) is 11.5 Å². The maximum Gasteiger partial charge on any atom is 1.00 e. The van der Waals surface area contributed by atoms with Gasteiger partial charge in [0.25, 0.3) is 0 Å². The molecule has 0 atom stereocenters. The van der Waals surface area contributed by atoms with Gasteiger partial charge in [0.05, 0.1) is 18.9 Å². The zero-order valence-corrected chi connectivity index (χ0v) is 15.9. The molecule has 3 rings (SSSR count). The average molecular weight is 334 g/mol. The van der Waals surface area contributed by atoms with E-state index in [2.05, 4.69) is 0 Å². The van der Waals surface area contributed by atoms with Crippen molar-refractivity contribution in [1.82, 2.24) is 0 Å². The van der Waals surface area contributed by atoms with Crippen LogP contribution < -0.4 is 39.0 Å². The van der Waals surface area contributed by atoms with Crippen molar-refractivity contribution in [1.29, 1.82) is 0 Å². The molecule has 0 unspecified atom stereocenters. The van der Waals surface area contributed by atoms with Gasteiger partial charge in [-0.05, 0) is 30.0 Å². The predicted octanol–water partition coefficient (Wildman–Crippen LogP) is 0.961. The van der Waals surface area contributed by atoms with Crippen molar-refractivity contribution in [2.75, 3.05) is 7.11 Å². The van der Waals surface area contributed by atoms with Gasteiger partial charge in [0.15, 0.2) is 5.78 Å². The Bertz CT molecular complexity index is 760. The zero-order valence-electron chi connectivity index (χ0n) is 14.9. The minimum Gasteiger partial charge on any atom is -1.00 e. The van der Waals surface area contributed by atoms with Crippen LogP contribution in [0, 0.1) is 0 Å². The van der Waals surface area contributed by atoms with E-state index in [9.17, 15) is 9.90 Å². The molecule has 120 valence electrons. The zero-order chi connectivity index (χ0) is 16.2. The Morgan fingerprint density at radius 1 is 1.21 bits per heavy atom. The summed E-state index contributed by atoms with van der Waals surface area (Å²) in [5, 5.41) is 9.24. The van der Waals surface area contributed by atoms with Crippen molar-refractivity contribution in [2.24, 2.45) is 0 Å². The van der Waals surface area contributed by atoms with Gasteiger partial charge in [-0.3, -0.25) is 4.79 Å². The number of rotatable bonds is 4. The topological polar surface area (TPSA) is 55.8 Å². The largest absolute Gasteiger partial charge is 1.00 e. The molecule has 0 fully saturated rings. The summed E-state index contributed by atoms with van der Waals surface area (Å²) in [4.78, 5) is 12.5. The van der Waals surface area contributed by atoms with Crippen LogP contribution in [0.4, 0.5) is 0 Å². The van der Waals surface area contributed by atoms with E-state index in [0.717, 1.165) is 17.4 Å². The second-order valence-electron chi connectivity index (χ2n) is 5.42. The average Bonchev–Trinajstić information content (AvgIpc) is 2.60. The Kier molecular flexibility index (Phi) is 6.49. The van der Waals surface area contributed by atoms with Crippen molar-refractivity contribution >= 4 is 5.78 Å². The molecule has 1 N–H and O–H groups in total. The molecule has 5 heteroatoms. The van der Waals surface area contributed by atoms with Gasteiger partial charge in [0, 0.05) is 11.6 Å². The number of Topliss-reactive ketones (excluding diaryl/α,β-unsaturated/α-hetero) is 1.